The number of nitrogens with zero attached hydrogens (tertiary/aromatic N) is 4. The number of hydrogen-bond acceptors (Lipinski definition) is 6. The molecule has 1 amide bonds. The Labute approximate surface area is 162 Å². The average Bonchev–Trinajstić information content (AvgIpc) is 3.09. The van der Waals surface area contributed by atoms with Gasteiger partial charge in [-0.2, -0.15) is 4.80 Å². The van der Waals surface area contributed by atoms with Crippen molar-refractivity contribution in [1.29, 1.82) is 0 Å². The number of amides is 1. The van der Waals surface area contributed by atoms with E-state index in [2.05, 4.69) is 20.7 Å². The molecule has 28 heavy (non-hydrogen) atoms. The molecule has 0 radical (unpaired) electrons. The lowest BCUT2D eigenvalue weighted by atomic mass is 10.1. The number of carbonyl (C=O) groups is 1. The molecule has 0 fully saturated rings. The number of aromatic nitrogens is 4. The quantitative estimate of drug-likeness (QED) is 0.638. The van der Waals surface area contributed by atoms with Gasteiger partial charge in [0.05, 0.1) is 10.9 Å². The molecule has 0 aliphatic heterocycles. The highest BCUT2D eigenvalue weighted by Crippen LogP contribution is 2.18. The second-order valence-electron chi connectivity index (χ2n) is 6.36. The highest BCUT2D eigenvalue weighted by Gasteiger charge is 2.14. The molecule has 0 saturated carbocycles. The number of benzene rings is 2. The summed E-state index contributed by atoms with van der Waals surface area (Å²) in [6.45, 7) is 3.65. The van der Waals surface area contributed by atoms with Crippen LogP contribution in [0.15, 0.2) is 53.4 Å². The molecule has 146 valence electrons. The first-order valence-corrected chi connectivity index (χ1v) is 10.0. The van der Waals surface area contributed by atoms with Crippen molar-refractivity contribution in [3.63, 3.8) is 0 Å². The Bertz CT molecular complexity index is 1090. The monoisotopic (exact) mass is 400 g/mol. The second-order valence-corrected chi connectivity index (χ2v) is 7.92. The summed E-state index contributed by atoms with van der Waals surface area (Å²) in [6, 6.07) is 13.3. The van der Waals surface area contributed by atoms with E-state index in [0.29, 0.717) is 5.82 Å². The first-order chi connectivity index (χ1) is 13.2. The molecule has 2 aromatic carbocycles. The Morgan fingerprint density at radius 3 is 2.50 bits per heavy atom. The fraction of sp³-hybridized carbons (Fsp3) is 0.222. The smallest absolute Gasteiger partial charge is 0.244 e. The van der Waals surface area contributed by atoms with Gasteiger partial charge in [0.25, 0.3) is 0 Å². The van der Waals surface area contributed by atoms with Crippen molar-refractivity contribution >= 4 is 15.9 Å². The number of sulfonamides is 1. The topological polar surface area (TPSA) is 133 Å². The molecule has 0 saturated heterocycles. The highest BCUT2D eigenvalue weighted by atomic mass is 32.2. The van der Waals surface area contributed by atoms with Crippen molar-refractivity contribution in [1.82, 2.24) is 25.5 Å². The van der Waals surface area contributed by atoms with Gasteiger partial charge in [0.1, 0.15) is 6.54 Å². The highest BCUT2D eigenvalue weighted by molar-refractivity contribution is 7.89. The average molecular weight is 400 g/mol. The molecular formula is C18H20N6O3S. The van der Waals surface area contributed by atoms with Crippen LogP contribution in [0.25, 0.3) is 11.4 Å². The first-order valence-electron chi connectivity index (χ1n) is 8.50. The third-order valence-electron chi connectivity index (χ3n) is 4.21. The van der Waals surface area contributed by atoms with Gasteiger partial charge in [-0.3, -0.25) is 4.79 Å². The maximum atomic E-state index is 12.3. The van der Waals surface area contributed by atoms with Gasteiger partial charge in [0.15, 0.2) is 0 Å². The van der Waals surface area contributed by atoms with Crippen LogP contribution in [0.5, 0.6) is 0 Å². The number of hydrogen-bond donors (Lipinski definition) is 2. The number of primary sulfonamides is 1. The van der Waals surface area contributed by atoms with Crippen LogP contribution in [0.3, 0.4) is 0 Å². The summed E-state index contributed by atoms with van der Waals surface area (Å²) in [5.74, 6) is 0.161. The maximum Gasteiger partial charge on any atom is 0.244 e. The molecule has 3 aromatic rings. The van der Waals surface area contributed by atoms with Crippen molar-refractivity contribution in [2.45, 2.75) is 31.3 Å². The van der Waals surface area contributed by atoms with Crippen LogP contribution in [0, 0.1) is 6.92 Å². The Hall–Kier alpha value is -3.11. The Kier molecular flexibility index (Phi) is 5.52. The summed E-state index contributed by atoms with van der Waals surface area (Å²) in [5, 5.41) is 20.1. The Balaban J connectivity index is 1.63. The van der Waals surface area contributed by atoms with E-state index in [1.165, 1.54) is 16.9 Å². The number of rotatable bonds is 6. The van der Waals surface area contributed by atoms with E-state index >= 15 is 0 Å². The summed E-state index contributed by atoms with van der Waals surface area (Å²) in [6.07, 6.45) is 0. The number of tetrazole rings is 1. The molecule has 0 unspecified atom stereocenters. The molecule has 0 aliphatic rings. The lowest BCUT2D eigenvalue weighted by Crippen LogP contribution is -2.30. The molecule has 3 N–H and O–H groups in total. The Morgan fingerprint density at radius 2 is 1.86 bits per heavy atom. The molecule has 0 spiro atoms. The summed E-state index contributed by atoms with van der Waals surface area (Å²) in [7, 11) is -3.75. The van der Waals surface area contributed by atoms with Gasteiger partial charge < -0.3 is 5.32 Å². The van der Waals surface area contributed by atoms with E-state index in [9.17, 15) is 13.2 Å². The lowest BCUT2D eigenvalue weighted by Gasteiger charge is -2.14. The summed E-state index contributed by atoms with van der Waals surface area (Å²) >= 11 is 0. The zero-order chi connectivity index (χ0) is 20.3. The van der Waals surface area contributed by atoms with Gasteiger partial charge in [-0.1, -0.05) is 36.4 Å². The van der Waals surface area contributed by atoms with Gasteiger partial charge in [0, 0.05) is 5.56 Å². The molecule has 1 atom stereocenters. The van der Waals surface area contributed by atoms with Gasteiger partial charge >= 0.3 is 0 Å². The van der Waals surface area contributed by atoms with Crippen LogP contribution in [-0.4, -0.2) is 34.5 Å². The number of nitrogens with two attached hydrogens (primary N) is 1. The fourth-order valence-corrected chi connectivity index (χ4v) is 3.20. The van der Waals surface area contributed by atoms with Crippen LogP contribution >= 0.6 is 0 Å². The molecule has 10 heteroatoms. The van der Waals surface area contributed by atoms with Crippen LogP contribution in [0.4, 0.5) is 0 Å². The second kappa shape index (κ2) is 7.87. The van der Waals surface area contributed by atoms with Crippen molar-refractivity contribution in [2.75, 3.05) is 0 Å². The van der Waals surface area contributed by atoms with Crippen LogP contribution in [0.1, 0.15) is 24.1 Å². The van der Waals surface area contributed by atoms with E-state index in [1.807, 2.05) is 31.2 Å². The van der Waals surface area contributed by atoms with Crippen molar-refractivity contribution in [3.05, 3.63) is 59.7 Å². The number of carbonyl (C=O) groups excluding carboxylic acids is 1. The number of nitrogens with one attached hydrogen (secondary N) is 1. The largest absolute Gasteiger partial charge is 0.348 e. The standard InChI is InChI=1S/C18H20N6O3S/c1-12-5-3-4-6-16(12)18-21-23-24(22-18)11-17(25)20-13(2)14-7-9-15(10-8-14)28(19,26)27/h3-10,13H,11H2,1-2H3,(H,20,25)(H2,19,26,27)/t13-/m0/s1. The summed E-state index contributed by atoms with van der Waals surface area (Å²) < 4.78 is 22.6. The lowest BCUT2D eigenvalue weighted by molar-refractivity contribution is -0.122. The van der Waals surface area contributed by atoms with E-state index < -0.39 is 10.0 Å². The molecule has 1 heterocycles. The summed E-state index contributed by atoms with van der Waals surface area (Å²) in [4.78, 5) is 13.5. The predicted molar refractivity (Wildman–Crippen MR) is 102 cm³/mol. The van der Waals surface area contributed by atoms with E-state index in [1.54, 1.807) is 19.1 Å². The van der Waals surface area contributed by atoms with Gasteiger partial charge in [-0.25, -0.2) is 13.6 Å². The predicted octanol–water partition coefficient (Wildman–Crippen LogP) is 1.17. The van der Waals surface area contributed by atoms with Crippen LogP contribution in [0.2, 0.25) is 0 Å². The number of aryl methyl sites for hydroxylation is 1. The van der Waals surface area contributed by atoms with Gasteiger partial charge in [-0.15, -0.1) is 10.2 Å². The normalized spacial score (nSPS) is 12.5. The van der Waals surface area contributed by atoms with Crippen molar-refractivity contribution in [3.8, 4) is 11.4 Å². The van der Waals surface area contributed by atoms with E-state index in [-0.39, 0.29) is 23.4 Å². The molecule has 0 aliphatic carbocycles. The van der Waals surface area contributed by atoms with Gasteiger partial charge in [0.2, 0.25) is 21.8 Å². The minimum absolute atomic E-state index is 0.0188. The molecule has 3 rings (SSSR count). The van der Waals surface area contributed by atoms with E-state index in [4.69, 9.17) is 5.14 Å². The summed E-state index contributed by atoms with van der Waals surface area (Å²) in [5.41, 5.74) is 2.62. The zero-order valence-electron chi connectivity index (χ0n) is 15.4. The van der Waals surface area contributed by atoms with Crippen LogP contribution in [-0.2, 0) is 21.4 Å². The molecule has 0 bridgehead atoms. The fourth-order valence-electron chi connectivity index (χ4n) is 2.69. The van der Waals surface area contributed by atoms with E-state index in [0.717, 1.165) is 16.7 Å². The van der Waals surface area contributed by atoms with Gasteiger partial charge in [-0.05, 0) is 42.3 Å². The van der Waals surface area contributed by atoms with Crippen LogP contribution < -0.4 is 10.5 Å². The third kappa shape index (κ3) is 4.59. The molecule has 1 aromatic heterocycles. The van der Waals surface area contributed by atoms with Crippen molar-refractivity contribution < 1.29 is 13.2 Å². The first kappa shape index (κ1) is 19.6. The minimum Gasteiger partial charge on any atom is -0.348 e. The maximum absolute atomic E-state index is 12.3. The minimum atomic E-state index is -3.75. The molecule has 9 nitrogen and oxygen atoms in total. The molecular weight excluding hydrogens is 380 g/mol. The Morgan fingerprint density at radius 1 is 1.18 bits per heavy atom. The van der Waals surface area contributed by atoms with Crippen molar-refractivity contribution in [2.24, 2.45) is 5.14 Å². The third-order valence-corrected chi connectivity index (χ3v) is 5.14. The zero-order valence-corrected chi connectivity index (χ0v) is 16.2. The SMILES string of the molecule is Cc1ccccc1-c1nnn(CC(=O)N[C@@H](C)c2ccc(S(N)(=O)=O)cc2)n1.